The van der Waals surface area contributed by atoms with Gasteiger partial charge in [0, 0.05) is 5.56 Å². The first-order chi connectivity index (χ1) is 9.75. The van der Waals surface area contributed by atoms with Gasteiger partial charge in [-0.1, -0.05) is 6.07 Å². The van der Waals surface area contributed by atoms with E-state index in [9.17, 15) is 26.3 Å². The molecule has 0 spiro atoms. The van der Waals surface area contributed by atoms with Gasteiger partial charge in [-0.05, 0) is 29.8 Å². The van der Waals surface area contributed by atoms with Crippen LogP contribution in [0.15, 0.2) is 30.3 Å². The second-order valence-corrected chi connectivity index (χ2v) is 4.14. The number of hydrogen-bond acceptors (Lipinski definition) is 1. The summed E-state index contributed by atoms with van der Waals surface area (Å²) in [5.74, 6) is -4.54. The number of halogens is 6. The Bertz CT molecular complexity index is 678. The highest BCUT2D eigenvalue weighted by atomic mass is 19.4. The second kappa shape index (κ2) is 5.31. The Morgan fingerprint density at radius 3 is 2.10 bits per heavy atom. The number of benzene rings is 2. The van der Waals surface area contributed by atoms with Crippen molar-refractivity contribution in [3.8, 4) is 16.9 Å². The Hall–Kier alpha value is -2.18. The van der Waals surface area contributed by atoms with Crippen molar-refractivity contribution < 1.29 is 31.1 Å². The molecule has 112 valence electrons. The van der Waals surface area contributed by atoms with Crippen molar-refractivity contribution in [2.75, 3.05) is 7.11 Å². The van der Waals surface area contributed by atoms with Crippen molar-refractivity contribution in [1.29, 1.82) is 0 Å². The second-order valence-electron chi connectivity index (χ2n) is 4.14. The van der Waals surface area contributed by atoms with E-state index in [-0.39, 0.29) is 16.9 Å². The molecule has 0 radical (unpaired) electrons. The van der Waals surface area contributed by atoms with Crippen molar-refractivity contribution in [3.63, 3.8) is 0 Å². The minimum Gasteiger partial charge on any atom is -0.494 e. The van der Waals surface area contributed by atoms with Gasteiger partial charge in [0.05, 0.1) is 12.7 Å². The zero-order valence-electron chi connectivity index (χ0n) is 10.6. The van der Waals surface area contributed by atoms with Crippen LogP contribution in [0.25, 0.3) is 11.1 Å². The van der Waals surface area contributed by atoms with Gasteiger partial charge in [0.1, 0.15) is 5.82 Å². The van der Waals surface area contributed by atoms with Crippen LogP contribution in [0.5, 0.6) is 5.75 Å². The van der Waals surface area contributed by atoms with Crippen molar-refractivity contribution in [1.82, 2.24) is 0 Å². The normalized spacial score (nSPS) is 11.6. The monoisotopic (exact) mass is 306 g/mol. The number of alkyl halides is 3. The molecule has 0 atom stereocenters. The molecule has 7 heteroatoms. The van der Waals surface area contributed by atoms with Crippen LogP contribution in [0.3, 0.4) is 0 Å². The molecule has 0 aliphatic heterocycles. The smallest absolute Gasteiger partial charge is 0.419 e. The Kier molecular flexibility index (Phi) is 3.85. The lowest BCUT2D eigenvalue weighted by atomic mass is 10.0. The minimum atomic E-state index is -4.85. The molecule has 0 aliphatic rings. The third-order valence-electron chi connectivity index (χ3n) is 2.85. The number of ether oxygens (including phenoxy) is 1. The quantitative estimate of drug-likeness (QED) is 0.724. The molecule has 21 heavy (non-hydrogen) atoms. The molecule has 0 heterocycles. The highest BCUT2D eigenvalue weighted by Gasteiger charge is 2.34. The van der Waals surface area contributed by atoms with Gasteiger partial charge in [-0.15, -0.1) is 0 Å². The van der Waals surface area contributed by atoms with Crippen LogP contribution in [0, 0.1) is 17.5 Å². The van der Waals surface area contributed by atoms with Gasteiger partial charge in [0.25, 0.3) is 0 Å². The topological polar surface area (TPSA) is 9.23 Å². The first kappa shape index (κ1) is 15.2. The van der Waals surface area contributed by atoms with E-state index < -0.39 is 29.2 Å². The first-order valence-corrected chi connectivity index (χ1v) is 5.64. The fourth-order valence-electron chi connectivity index (χ4n) is 1.82. The first-order valence-electron chi connectivity index (χ1n) is 5.64. The summed E-state index contributed by atoms with van der Waals surface area (Å²) >= 11 is 0. The summed E-state index contributed by atoms with van der Waals surface area (Å²) in [6.45, 7) is 0. The molecular formula is C14H8F6O. The van der Waals surface area contributed by atoms with Crippen LogP contribution in [-0.4, -0.2) is 7.11 Å². The molecule has 1 nitrogen and oxygen atoms in total. The molecule has 0 amide bonds. The van der Waals surface area contributed by atoms with Gasteiger partial charge in [0.2, 0.25) is 5.82 Å². The Morgan fingerprint density at radius 2 is 1.57 bits per heavy atom. The van der Waals surface area contributed by atoms with E-state index in [0.29, 0.717) is 12.1 Å². The van der Waals surface area contributed by atoms with Gasteiger partial charge >= 0.3 is 6.18 Å². The van der Waals surface area contributed by atoms with Crippen LogP contribution < -0.4 is 4.74 Å². The molecule has 0 saturated heterocycles. The lowest BCUT2D eigenvalue weighted by molar-refractivity contribution is -0.139. The van der Waals surface area contributed by atoms with Gasteiger partial charge < -0.3 is 4.74 Å². The summed E-state index contributed by atoms with van der Waals surface area (Å²) < 4.78 is 82.7. The van der Waals surface area contributed by atoms with Crippen LogP contribution in [0.1, 0.15) is 5.56 Å². The summed E-state index contributed by atoms with van der Waals surface area (Å²) in [5, 5.41) is 0. The maximum atomic E-state index is 13.8. The van der Waals surface area contributed by atoms with E-state index in [4.69, 9.17) is 0 Å². The van der Waals surface area contributed by atoms with E-state index in [1.165, 1.54) is 0 Å². The number of methoxy groups -OCH3 is 1. The molecule has 2 rings (SSSR count). The molecular weight excluding hydrogens is 298 g/mol. The van der Waals surface area contributed by atoms with Crippen molar-refractivity contribution >= 4 is 0 Å². The number of rotatable bonds is 2. The summed E-state index contributed by atoms with van der Waals surface area (Å²) in [6, 6.07) is 4.05. The Labute approximate surface area is 115 Å². The lowest BCUT2D eigenvalue weighted by Gasteiger charge is -2.11. The third kappa shape index (κ3) is 2.81. The lowest BCUT2D eigenvalue weighted by Crippen LogP contribution is -2.08. The van der Waals surface area contributed by atoms with E-state index in [2.05, 4.69) is 4.74 Å². The zero-order valence-corrected chi connectivity index (χ0v) is 10.6. The molecule has 0 aliphatic carbocycles. The third-order valence-corrected chi connectivity index (χ3v) is 2.85. The van der Waals surface area contributed by atoms with E-state index in [0.717, 1.165) is 25.3 Å². The van der Waals surface area contributed by atoms with Gasteiger partial charge in [0.15, 0.2) is 11.6 Å². The highest BCUT2D eigenvalue weighted by Crippen LogP contribution is 2.35. The average molecular weight is 306 g/mol. The Balaban J connectivity index is 2.54. The molecule has 0 saturated carbocycles. The molecule has 2 aromatic rings. The predicted octanol–water partition coefficient (Wildman–Crippen LogP) is 4.80. The largest absolute Gasteiger partial charge is 0.494 e. The van der Waals surface area contributed by atoms with Gasteiger partial charge in [-0.2, -0.15) is 17.6 Å². The van der Waals surface area contributed by atoms with Crippen LogP contribution in [0.4, 0.5) is 26.3 Å². The summed E-state index contributed by atoms with van der Waals surface area (Å²) in [4.78, 5) is 0. The standard InChI is InChI=1S/C14H8F6O/c1-21-11-5-3-8(12(16)13(11)17)7-2-4-9(10(15)6-7)14(18,19)20/h2-6H,1H3. The molecule has 2 aromatic carbocycles. The molecule has 0 fully saturated rings. The Morgan fingerprint density at radius 1 is 0.905 bits per heavy atom. The number of hydrogen-bond donors (Lipinski definition) is 0. The van der Waals surface area contributed by atoms with Crippen molar-refractivity contribution in [2.45, 2.75) is 6.18 Å². The maximum absolute atomic E-state index is 13.8. The molecule has 0 N–H and O–H groups in total. The van der Waals surface area contributed by atoms with E-state index in [1.807, 2.05) is 0 Å². The predicted molar refractivity (Wildman–Crippen MR) is 63.3 cm³/mol. The van der Waals surface area contributed by atoms with Crippen molar-refractivity contribution in [2.24, 2.45) is 0 Å². The van der Waals surface area contributed by atoms with Gasteiger partial charge in [-0.3, -0.25) is 0 Å². The molecule has 0 unspecified atom stereocenters. The van der Waals surface area contributed by atoms with E-state index in [1.54, 1.807) is 0 Å². The summed E-state index contributed by atoms with van der Waals surface area (Å²) in [5.41, 5.74) is -2.04. The van der Waals surface area contributed by atoms with Crippen LogP contribution >= 0.6 is 0 Å². The zero-order chi connectivity index (χ0) is 15.8. The van der Waals surface area contributed by atoms with Crippen LogP contribution in [0.2, 0.25) is 0 Å². The average Bonchev–Trinajstić information content (AvgIpc) is 2.40. The SMILES string of the molecule is COc1ccc(-c2ccc(C(F)(F)F)c(F)c2)c(F)c1F. The van der Waals surface area contributed by atoms with Crippen molar-refractivity contribution in [3.05, 3.63) is 53.3 Å². The maximum Gasteiger partial charge on any atom is 0.419 e. The fourth-order valence-corrected chi connectivity index (χ4v) is 1.82. The molecule has 0 aromatic heterocycles. The fraction of sp³-hybridized carbons (Fsp3) is 0.143. The summed E-state index contributed by atoms with van der Waals surface area (Å²) in [6.07, 6.45) is -4.85. The highest BCUT2D eigenvalue weighted by molar-refractivity contribution is 5.66. The summed E-state index contributed by atoms with van der Waals surface area (Å²) in [7, 11) is 1.13. The minimum absolute atomic E-state index is 0.209. The van der Waals surface area contributed by atoms with Gasteiger partial charge in [-0.25, -0.2) is 8.78 Å². The molecule has 0 bridgehead atoms. The van der Waals surface area contributed by atoms with E-state index >= 15 is 0 Å². The van der Waals surface area contributed by atoms with Crippen LogP contribution in [-0.2, 0) is 6.18 Å².